The summed E-state index contributed by atoms with van der Waals surface area (Å²) in [5.41, 5.74) is 1.24. The minimum atomic E-state index is -0.472. The third kappa shape index (κ3) is 2.93. The third-order valence-corrected chi connectivity index (χ3v) is 3.01. The van der Waals surface area contributed by atoms with Crippen LogP contribution in [0.5, 0.6) is 0 Å². The Kier molecular flexibility index (Phi) is 3.78. The average Bonchev–Trinajstić information content (AvgIpc) is 3.19. The normalized spacial score (nSPS) is 11.5. The molecule has 0 aliphatic heterocycles. The van der Waals surface area contributed by atoms with Gasteiger partial charge in [0.2, 0.25) is 5.78 Å². The Balaban J connectivity index is 1.83. The van der Waals surface area contributed by atoms with Gasteiger partial charge in [0.05, 0.1) is 11.8 Å². The molecular formula is C15H12N4O3. The molecule has 3 aromatic heterocycles. The number of allylic oxidation sites excluding steroid dienone is 1. The molecule has 0 spiro atoms. The minimum Gasteiger partial charge on any atom is -0.507 e. The summed E-state index contributed by atoms with van der Waals surface area (Å²) in [6, 6.07) is 7.14. The molecule has 0 saturated heterocycles. The van der Waals surface area contributed by atoms with Crippen molar-refractivity contribution in [3.05, 3.63) is 72.0 Å². The van der Waals surface area contributed by atoms with Crippen molar-refractivity contribution in [3.63, 3.8) is 0 Å². The summed E-state index contributed by atoms with van der Waals surface area (Å²) in [7, 11) is 0. The Morgan fingerprint density at radius 2 is 2.23 bits per heavy atom. The molecule has 0 aliphatic carbocycles. The molecule has 0 aromatic carbocycles. The number of aromatic amines is 1. The molecule has 3 heterocycles. The number of furan rings is 1. The zero-order valence-corrected chi connectivity index (χ0v) is 11.4. The number of ketones is 1. The first kappa shape index (κ1) is 13.7. The van der Waals surface area contributed by atoms with Crippen LogP contribution in [0.25, 0.3) is 5.76 Å². The van der Waals surface area contributed by atoms with Gasteiger partial charge in [-0.25, -0.2) is 4.98 Å². The highest BCUT2D eigenvalue weighted by Crippen LogP contribution is 2.21. The fourth-order valence-electron chi connectivity index (χ4n) is 1.97. The van der Waals surface area contributed by atoms with Gasteiger partial charge in [-0.05, 0) is 18.2 Å². The van der Waals surface area contributed by atoms with Crippen LogP contribution in [0, 0.1) is 0 Å². The van der Waals surface area contributed by atoms with Gasteiger partial charge in [-0.15, -0.1) is 0 Å². The van der Waals surface area contributed by atoms with Crippen molar-refractivity contribution in [1.29, 1.82) is 0 Å². The second kappa shape index (κ2) is 6.04. The molecule has 110 valence electrons. The molecule has 0 unspecified atom stereocenters. The smallest absolute Gasteiger partial charge is 0.226 e. The molecule has 0 fully saturated rings. The number of aliphatic hydroxyl groups is 1. The lowest BCUT2D eigenvalue weighted by atomic mass is 10.1. The van der Waals surface area contributed by atoms with Crippen molar-refractivity contribution in [2.45, 2.75) is 6.42 Å². The maximum absolute atomic E-state index is 11.9. The zero-order chi connectivity index (χ0) is 15.4. The quantitative estimate of drug-likeness (QED) is 0.424. The molecular weight excluding hydrogens is 284 g/mol. The number of rotatable bonds is 5. The highest BCUT2D eigenvalue weighted by molar-refractivity contribution is 6.05. The van der Waals surface area contributed by atoms with Crippen molar-refractivity contribution in [2.75, 3.05) is 0 Å². The number of H-pyrrole nitrogens is 1. The van der Waals surface area contributed by atoms with Gasteiger partial charge in [-0.3, -0.25) is 14.9 Å². The van der Waals surface area contributed by atoms with Gasteiger partial charge in [0.15, 0.2) is 5.82 Å². The van der Waals surface area contributed by atoms with Crippen LogP contribution in [0.3, 0.4) is 0 Å². The summed E-state index contributed by atoms with van der Waals surface area (Å²) in [5, 5.41) is 16.2. The number of hydrogen-bond acceptors (Lipinski definition) is 6. The van der Waals surface area contributed by atoms with Crippen molar-refractivity contribution in [3.8, 4) is 0 Å². The van der Waals surface area contributed by atoms with Crippen LogP contribution in [0.15, 0.2) is 53.5 Å². The molecule has 3 rings (SSSR count). The first-order chi connectivity index (χ1) is 10.7. The van der Waals surface area contributed by atoms with Gasteiger partial charge in [0.1, 0.15) is 17.8 Å². The Labute approximate surface area is 125 Å². The van der Waals surface area contributed by atoms with E-state index in [2.05, 4.69) is 20.2 Å². The highest BCUT2D eigenvalue weighted by Gasteiger charge is 2.14. The standard InChI is InChI=1S/C15H12N4O3/c20-12(8-13(21)15-17-9-18-19-15)11-4-6-22-14(11)7-10-3-1-2-5-16-10/h1-6,8-9,20H,7H2,(H,17,18,19). The van der Waals surface area contributed by atoms with E-state index >= 15 is 0 Å². The molecule has 7 heteroatoms. The van der Waals surface area contributed by atoms with Crippen LogP contribution in [-0.4, -0.2) is 31.1 Å². The number of aliphatic hydroxyl groups excluding tert-OH is 1. The second-order valence-corrected chi connectivity index (χ2v) is 4.48. The van der Waals surface area contributed by atoms with E-state index in [0.717, 1.165) is 11.8 Å². The fourth-order valence-corrected chi connectivity index (χ4v) is 1.97. The van der Waals surface area contributed by atoms with Crippen LogP contribution in [0.4, 0.5) is 0 Å². The second-order valence-electron chi connectivity index (χ2n) is 4.48. The number of hydrogen-bond donors (Lipinski definition) is 2. The van der Waals surface area contributed by atoms with E-state index in [-0.39, 0.29) is 11.6 Å². The van der Waals surface area contributed by atoms with Gasteiger partial charge >= 0.3 is 0 Å². The minimum absolute atomic E-state index is 0.0568. The number of carbonyl (C=O) groups excluding carboxylic acids is 1. The molecule has 2 N–H and O–H groups in total. The molecule has 0 saturated carbocycles. The summed E-state index contributed by atoms with van der Waals surface area (Å²) in [6.45, 7) is 0. The molecule has 0 atom stereocenters. The van der Waals surface area contributed by atoms with Gasteiger partial charge in [-0.1, -0.05) is 6.07 Å². The first-order valence-corrected chi connectivity index (χ1v) is 6.51. The van der Waals surface area contributed by atoms with E-state index in [1.54, 1.807) is 12.3 Å². The van der Waals surface area contributed by atoms with Crippen LogP contribution in [0.2, 0.25) is 0 Å². The van der Waals surface area contributed by atoms with Crippen LogP contribution >= 0.6 is 0 Å². The lowest BCUT2D eigenvalue weighted by molar-refractivity contribution is 0.103. The van der Waals surface area contributed by atoms with E-state index in [1.165, 1.54) is 12.6 Å². The summed E-state index contributed by atoms with van der Waals surface area (Å²) >= 11 is 0. The Bertz CT molecular complexity index is 791. The monoisotopic (exact) mass is 296 g/mol. The first-order valence-electron chi connectivity index (χ1n) is 6.51. The molecule has 3 aromatic rings. The number of nitrogens with one attached hydrogen (secondary N) is 1. The van der Waals surface area contributed by atoms with Gasteiger partial charge in [0.25, 0.3) is 0 Å². The molecule has 0 aliphatic rings. The molecule has 7 nitrogen and oxygen atoms in total. The maximum Gasteiger partial charge on any atom is 0.226 e. The topological polar surface area (TPSA) is 105 Å². The van der Waals surface area contributed by atoms with Crippen molar-refractivity contribution in [1.82, 2.24) is 20.2 Å². The average molecular weight is 296 g/mol. The van der Waals surface area contributed by atoms with E-state index in [9.17, 15) is 9.90 Å². The fraction of sp³-hybridized carbons (Fsp3) is 0.0667. The van der Waals surface area contributed by atoms with E-state index in [4.69, 9.17) is 4.42 Å². The molecule has 0 amide bonds. The Hall–Kier alpha value is -3.22. The van der Waals surface area contributed by atoms with Crippen LogP contribution in [-0.2, 0) is 6.42 Å². The Morgan fingerprint density at radius 1 is 1.32 bits per heavy atom. The number of nitrogens with zero attached hydrogens (tertiary/aromatic N) is 3. The van der Waals surface area contributed by atoms with Gasteiger partial charge in [0, 0.05) is 24.4 Å². The predicted octanol–water partition coefficient (Wildman–Crippen LogP) is 2.17. The summed E-state index contributed by atoms with van der Waals surface area (Å²) < 4.78 is 5.37. The van der Waals surface area contributed by atoms with E-state index in [1.807, 2.05) is 18.2 Å². The molecule has 22 heavy (non-hydrogen) atoms. The highest BCUT2D eigenvalue weighted by atomic mass is 16.3. The lowest BCUT2D eigenvalue weighted by Crippen LogP contribution is -2.00. The van der Waals surface area contributed by atoms with Crippen LogP contribution < -0.4 is 0 Å². The SMILES string of the molecule is O=C(C=C(O)c1ccoc1Cc1ccccn1)c1ncn[nH]1. The summed E-state index contributed by atoms with van der Waals surface area (Å²) in [5.74, 6) is -0.0831. The summed E-state index contributed by atoms with van der Waals surface area (Å²) in [4.78, 5) is 19.8. The van der Waals surface area contributed by atoms with Crippen LogP contribution in [0.1, 0.15) is 27.6 Å². The van der Waals surface area contributed by atoms with Crippen molar-refractivity contribution < 1.29 is 14.3 Å². The van der Waals surface area contributed by atoms with Gasteiger partial charge < -0.3 is 9.52 Å². The number of pyridine rings is 1. The molecule has 0 radical (unpaired) electrons. The summed E-state index contributed by atoms with van der Waals surface area (Å²) in [6.07, 6.45) is 5.85. The maximum atomic E-state index is 11.9. The third-order valence-electron chi connectivity index (χ3n) is 3.01. The predicted molar refractivity (Wildman–Crippen MR) is 77.1 cm³/mol. The van der Waals surface area contributed by atoms with E-state index in [0.29, 0.717) is 17.7 Å². The number of aromatic nitrogens is 4. The zero-order valence-electron chi connectivity index (χ0n) is 11.4. The van der Waals surface area contributed by atoms with E-state index < -0.39 is 5.78 Å². The lowest BCUT2D eigenvalue weighted by Gasteiger charge is -2.02. The molecule has 0 bridgehead atoms. The Morgan fingerprint density at radius 3 is 2.95 bits per heavy atom. The van der Waals surface area contributed by atoms with Crippen molar-refractivity contribution >= 4 is 11.5 Å². The number of carbonyl (C=O) groups is 1. The van der Waals surface area contributed by atoms with Gasteiger partial charge in [-0.2, -0.15) is 5.10 Å². The van der Waals surface area contributed by atoms with Crippen molar-refractivity contribution in [2.24, 2.45) is 0 Å². The largest absolute Gasteiger partial charge is 0.507 e.